The second kappa shape index (κ2) is 4.65. The number of aromatic nitrogens is 2. The molecule has 1 aromatic heterocycles. The lowest BCUT2D eigenvalue weighted by Gasteiger charge is -2.17. The van der Waals surface area contributed by atoms with Crippen molar-refractivity contribution in [3.63, 3.8) is 0 Å². The molecule has 5 nitrogen and oxygen atoms in total. The first kappa shape index (κ1) is 13.3. The van der Waals surface area contributed by atoms with E-state index in [2.05, 4.69) is 9.97 Å². The van der Waals surface area contributed by atoms with Crippen LogP contribution < -0.4 is 0 Å². The molecule has 0 spiro atoms. The van der Waals surface area contributed by atoms with E-state index in [1.165, 1.54) is 6.33 Å². The Labute approximate surface area is 99.9 Å². The Balaban J connectivity index is 2.92. The summed E-state index contributed by atoms with van der Waals surface area (Å²) < 4.78 is 28.3. The second-order valence-electron chi connectivity index (χ2n) is 4.45. The molecule has 0 aromatic carbocycles. The quantitative estimate of drug-likeness (QED) is 0.616. The monoisotopic (exact) mass is 264 g/mol. The van der Waals surface area contributed by atoms with Crippen molar-refractivity contribution in [3.05, 3.63) is 17.7 Å². The third kappa shape index (κ3) is 3.70. The molecule has 0 fully saturated rings. The number of halogens is 1. The zero-order valence-electron chi connectivity index (χ0n) is 9.27. The van der Waals surface area contributed by atoms with Crippen molar-refractivity contribution in [1.82, 2.24) is 9.97 Å². The number of hydrogen-bond donors (Lipinski definition) is 0. The molecule has 0 radical (unpaired) electrons. The fraction of sp³-hybridized carbons (Fsp3) is 0.556. The van der Waals surface area contributed by atoms with Crippen molar-refractivity contribution in [2.75, 3.05) is 6.61 Å². The van der Waals surface area contributed by atoms with Crippen LogP contribution in [-0.2, 0) is 14.3 Å². The van der Waals surface area contributed by atoms with Crippen molar-refractivity contribution in [2.24, 2.45) is 5.41 Å². The van der Waals surface area contributed by atoms with E-state index in [1.54, 1.807) is 0 Å². The summed E-state index contributed by atoms with van der Waals surface area (Å²) in [5.41, 5.74) is -0.255. The minimum atomic E-state index is -3.88. The maximum Gasteiger partial charge on any atom is 0.301 e. The lowest BCUT2D eigenvalue weighted by atomic mass is 9.99. The van der Waals surface area contributed by atoms with Crippen molar-refractivity contribution >= 4 is 21.7 Å². The van der Waals surface area contributed by atoms with Crippen LogP contribution in [-0.4, -0.2) is 25.0 Å². The molecular formula is C9H13ClN2O3S. The summed E-state index contributed by atoms with van der Waals surface area (Å²) in [6.07, 6.45) is 2.29. The van der Waals surface area contributed by atoms with Gasteiger partial charge in [0, 0.05) is 0 Å². The number of hydrogen-bond acceptors (Lipinski definition) is 5. The normalized spacial score (nSPS) is 12.8. The first-order chi connectivity index (χ1) is 7.22. The molecule has 0 N–H and O–H groups in total. The zero-order valence-corrected chi connectivity index (χ0v) is 10.8. The molecule has 1 heterocycles. The van der Waals surface area contributed by atoms with Gasteiger partial charge in [-0.05, 0) is 5.41 Å². The van der Waals surface area contributed by atoms with Gasteiger partial charge in [0.15, 0.2) is 5.15 Å². The Bertz CT molecular complexity index is 468. The van der Waals surface area contributed by atoms with E-state index in [9.17, 15) is 8.42 Å². The van der Waals surface area contributed by atoms with E-state index in [4.69, 9.17) is 15.8 Å². The fourth-order valence-corrected chi connectivity index (χ4v) is 2.25. The minimum Gasteiger partial charge on any atom is -0.266 e. The van der Waals surface area contributed by atoms with Gasteiger partial charge in [-0.2, -0.15) is 8.42 Å². The molecule has 16 heavy (non-hydrogen) atoms. The number of nitrogens with zero attached hydrogens (tertiary/aromatic N) is 2. The van der Waals surface area contributed by atoms with E-state index in [1.807, 2.05) is 20.8 Å². The smallest absolute Gasteiger partial charge is 0.266 e. The van der Waals surface area contributed by atoms with Gasteiger partial charge in [0.05, 0.1) is 12.8 Å². The lowest BCUT2D eigenvalue weighted by Crippen LogP contribution is -2.19. The predicted molar refractivity (Wildman–Crippen MR) is 59.6 cm³/mol. The molecule has 1 aromatic rings. The molecule has 7 heteroatoms. The molecule has 0 amide bonds. The summed E-state index contributed by atoms with van der Waals surface area (Å²) in [5, 5.41) is -0.135. The average Bonchev–Trinajstić information content (AvgIpc) is 2.14. The van der Waals surface area contributed by atoms with Crippen LogP contribution in [0.5, 0.6) is 0 Å². The van der Waals surface area contributed by atoms with E-state index >= 15 is 0 Å². The van der Waals surface area contributed by atoms with E-state index < -0.39 is 10.1 Å². The van der Waals surface area contributed by atoms with Gasteiger partial charge in [-0.25, -0.2) is 9.97 Å². The van der Waals surface area contributed by atoms with Crippen LogP contribution in [0.2, 0.25) is 5.15 Å². The Morgan fingerprint density at radius 3 is 2.56 bits per heavy atom. The lowest BCUT2D eigenvalue weighted by molar-refractivity contribution is 0.203. The number of rotatable bonds is 3. The zero-order chi connectivity index (χ0) is 12.4. The molecule has 0 unspecified atom stereocenters. The predicted octanol–water partition coefficient (Wildman–Crippen LogP) is 1.88. The molecule has 1 rings (SSSR count). The minimum absolute atomic E-state index is 0.0700. The van der Waals surface area contributed by atoms with Gasteiger partial charge in [0.25, 0.3) is 0 Å². The molecule has 0 aliphatic heterocycles. The largest absolute Gasteiger partial charge is 0.301 e. The molecule has 0 atom stereocenters. The van der Waals surface area contributed by atoms with Crippen molar-refractivity contribution in [3.8, 4) is 0 Å². The van der Waals surface area contributed by atoms with Crippen molar-refractivity contribution in [2.45, 2.75) is 25.7 Å². The second-order valence-corrected chi connectivity index (χ2v) is 6.40. The average molecular weight is 265 g/mol. The van der Waals surface area contributed by atoms with Gasteiger partial charge in [-0.15, -0.1) is 0 Å². The molecule has 0 saturated carbocycles. The summed E-state index contributed by atoms with van der Waals surface area (Å²) in [6, 6.07) is 0. The van der Waals surface area contributed by atoms with Crippen LogP contribution in [0.15, 0.2) is 17.4 Å². The van der Waals surface area contributed by atoms with Crippen LogP contribution >= 0.6 is 11.6 Å². The van der Waals surface area contributed by atoms with Gasteiger partial charge >= 0.3 is 10.1 Å². The molecule has 90 valence electrons. The first-order valence-corrected chi connectivity index (χ1v) is 6.36. The van der Waals surface area contributed by atoms with E-state index in [0.717, 1.165) is 6.20 Å². The molecular weight excluding hydrogens is 252 g/mol. The van der Waals surface area contributed by atoms with Crippen LogP contribution in [0, 0.1) is 5.41 Å². The Kier molecular flexibility index (Phi) is 3.88. The van der Waals surface area contributed by atoms with Crippen molar-refractivity contribution < 1.29 is 12.6 Å². The summed E-state index contributed by atoms with van der Waals surface area (Å²) >= 11 is 5.65. The molecule has 0 bridgehead atoms. The van der Waals surface area contributed by atoms with Gasteiger partial charge in [-0.3, -0.25) is 4.18 Å². The Morgan fingerprint density at radius 1 is 1.44 bits per heavy atom. The third-order valence-electron chi connectivity index (χ3n) is 1.55. The van der Waals surface area contributed by atoms with Crippen LogP contribution in [0.25, 0.3) is 0 Å². The highest BCUT2D eigenvalue weighted by atomic mass is 35.5. The highest BCUT2D eigenvalue weighted by Crippen LogP contribution is 2.22. The Hall–Kier alpha value is -0.720. The van der Waals surface area contributed by atoms with Crippen LogP contribution in [0.4, 0.5) is 0 Å². The Morgan fingerprint density at radius 2 is 2.06 bits per heavy atom. The van der Waals surface area contributed by atoms with E-state index in [-0.39, 0.29) is 22.1 Å². The van der Waals surface area contributed by atoms with Crippen LogP contribution in [0.3, 0.4) is 0 Å². The molecule has 0 aliphatic carbocycles. The standard InChI is InChI=1S/C9H13ClN2O3S/c1-9(2,3)5-15-16(13,14)7-4-11-6-12-8(7)10/h4,6H,5H2,1-3H3. The summed E-state index contributed by atoms with van der Waals surface area (Å²) in [6.45, 7) is 5.67. The summed E-state index contributed by atoms with van der Waals surface area (Å²) in [7, 11) is -3.88. The highest BCUT2D eigenvalue weighted by molar-refractivity contribution is 7.86. The van der Waals surface area contributed by atoms with Gasteiger partial charge < -0.3 is 0 Å². The van der Waals surface area contributed by atoms with Gasteiger partial charge in [0.1, 0.15) is 11.2 Å². The van der Waals surface area contributed by atoms with Crippen LogP contribution in [0.1, 0.15) is 20.8 Å². The SMILES string of the molecule is CC(C)(C)COS(=O)(=O)c1cncnc1Cl. The molecule has 0 saturated heterocycles. The third-order valence-corrected chi connectivity index (χ3v) is 3.23. The topological polar surface area (TPSA) is 69.2 Å². The summed E-state index contributed by atoms with van der Waals surface area (Å²) in [4.78, 5) is 6.98. The van der Waals surface area contributed by atoms with Gasteiger partial charge in [-0.1, -0.05) is 32.4 Å². The van der Waals surface area contributed by atoms with Gasteiger partial charge in [0.2, 0.25) is 0 Å². The van der Waals surface area contributed by atoms with E-state index in [0.29, 0.717) is 0 Å². The summed E-state index contributed by atoms with van der Waals surface area (Å²) in [5.74, 6) is 0. The maximum absolute atomic E-state index is 11.7. The van der Waals surface area contributed by atoms with Crippen molar-refractivity contribution in [1.29, 1.82) is 0 Å². The molecule has 0 aliphatic rings. The fourth-order valence-electron chi connectivity index (χ4n) is 0.787. The highest BCUT2D eigenvalue weighted by Gasteiger charge is 2.23. The first-order valence-electron chi connectivity index (χ1n) is 4.57. The maximum atomic E-state index is 11.7.